The first-order valence-corrected chi connectivity index (χ1v) is 8.47. The van der Waals surface area contributed by atoms with E-state index in [9.17, 15) is 4.79 Å². The van der Waals surface area contributed by atoms with Crippen LogP contribution in [-0.2, 0) is 32.1 Å². The third kappa shape index (κ3) is 2.34. The molecular formula is C17H19ClN2O3. The van der Waals surface area contributed by atoms with Crippen LogP contribution in [0.4, 0.5) is 0 Å². The molecule has 0 radical (unpaired) electrons. The number of hydrogen-bond acceptors (Lipinski definition) is 4. The molecule has 122 valence electrons. The second-order valence-electron chi connectivity index (χ2n) is 6.33. The molecule has 2 fully saturated rings. The summed E-state index contributed by atoms with van der Waals surface area (Å²) in [7, 11) is 1.45. The number of aromatic nitrogens is 2. The van der Waals surface area contributed by atoms with Crippen molar-refractivity contribution in [3.63, 3.8) is 0 Å². The van der Waals surface area contributed by atoms with Gasteiger partial charge in [0, 0.05) is 6.61 Å². The minimum absolute atomic E-state index is 0.150. The lowest BCUT2D eigenvalue weighted by atomic mass is 9.95. The summed E-state index contributed by atoms with van der Waals surface area (Å²) >= 11 is 6.06. The number of methoxy groups -OCH3 is 1. The summed E-state index contributed by atoms with van der Waals surface area (Å²) in [6.07, 6.45) is 2.97. The molecule has 0 amide bonds. The molecule has 1 atom stereocenters. The van der Waals surface area contributed by atoms with E-state index < -0.39 is 5.41 Å². The first kappa shape index (κ1) is 15.0. The Kier molecular flexibility index (Phi) is 3.58. The summed E-state index contributed by atoms with van der Waals surface area (Å²) in [5, 5.41) is 0. The Hall–Kier alpha value is -1.59. The second kappa shape index (κ2) is 5.49. The molecule has 6 heteroatoms. The van der Waals surface area contributed by atoms with E-state index >= 15 is 0 Å². The van der Waals surface area contributed by atoms with Crippen molar-refractivity contribution >= 4 is 28.6 Å². The van der Waals surface area contributed by atoms with Crippen molar-refractivity contribution in [1.82, 2.24) is 9.55 Å². The lowest BCUT2D eigenvalue weighted by Crippen LogP contribution is -2.31. The maximum absolute atomic E-state index is 12.1. The van der Waals surface area contributed by atoms with Gasteiger partial charge >= 0.3 is 5.97 Å². The highest BCUT2D eigenvalue weighted by Gasteiger charge is 2.52. The van der Waals surface area contributed by atoms with E-state index in [-0.39, 0.29) is 12.1 Å². The molecule has 1 saturated heterocycles. The van der Waals surface area contributed by atoms with Gasteiger partial charge < -0.3 is 14.0 Å². The smallest absolute Gasteiger partial charge is 0.316 e. The molecule has 0 N–H and O–H groups in total. The molecular weight excluding hydrogens is 316 g/mol. The number of nitrogens with zero attached hydrogens (tertiary/aromatic N) is 2. The molecule has 4 rings (SSSR count). The topological polar surface area (TPSA) is 53.3 Å². The summed E-state index contributed by atoms with van der Waals surface area (Å²) in [4.78, 5) is 16.7. The fourth-order valence-electron chi connectivity index (χ4n) is 3.34. The zero-order chi connectivity index (χ0) is 16.0. The summed E-state index contributed by atoms with van der Waals surface area (Å²) in [6.45, 7) is 1.58. The normalized spacial score (nSPS) is 21.9. The number of fused-ring (bicyclic) bond motifs is 1. The fourth-order valence-corrected chi connectivity index (χ4v) is 3.54. The van der Waals surface area contributed by atoms with Gasteiger partial charge in [-0.3, -0.25) is 4.79 Å². The number of alkyl halides is 1. The van der Waals surface area contributed by atoms with Gasteiger partial charge in [-0.05, 0) is 37.0 Å². The van der Waals surface area contributed by atoms with Crippen LogP contribution in [-0.4, -0.2) is 35.3 Å². The number of imidazole rings is 1. The summed E-state index contributed by atoms with van der Waals surface area (Å²) in [5.41, 5.74) is 2.47. The van der Waals surface area contributed by atoms with Crippen molar-refractivity contribution in [1.29, 1.82) is 0 Å². The number of esters is 1. The number of carbonyl (C=O) groups excluding carboxylic acids is 1. The van der Waals surface area contributed by atoms with E-state index in [4.69, 9.17) is 21.1 Å². The van der Waals surface area contributed by atoms with Gasteiger partial charge in [-0.15, -0.1) is 11.6 Å². The fraction of sp³-hybridized carbons (Fsp3) is 0.529. The number of hydrogen-bond donors (Lipinski definition) is 0. The third-order valence-electron chi connectivity index (χ3n) is 5.01. The van der Waals surface area contributed by atoms with Crippen LogP contribution in [0.15, 0.2) is 18.2 Å². The maximum atomic E-state index is 12.1. The van der Waals surface area contributed by atoms with Gasteiger partial charge in [0.1, 0.15) is 5.82 Å². The number of halogens is 1. The number of rotatable bonds is 5. The van der Waals surface area contributed by atoms with Crippen LogP contribution in [0.2, 0.25) is 0 Å². The number of benzene rings is 1. The Morgan fingerprint density at radius 1 is 1.52 bits per heavy atom. The Morgan fingerprint density at radius 2 is 2.30 bits per heavy atom. The summed E-state index contributed by atoms with van der Waals surface area (Å²) in [6, 6.07) is 6.03. The Balaban J connectivity index is 1.77. The molecule has 1 aromatic carbocycles. The molecule has 1 saturated carbocycles. The average Bonchev–Trinajstić information content (AvgIpc) is 3.27. The van der Waals surface area contributed by atoms with Crippen molar-refractivity contribution in [2.45, 2.75) is 43.2 Å². The molecule has 1 aliphatic carbocycles. The predicted molar refractivity (Wildman–Crippen MR) is 86.6 cm³/mol. The van der Waals surface area contributed by atoms with Gasteiger partial charge in [-0.25, -0.2) is 4.98 Å². The van der Waals surface area contributed by atoms with Crippen LogP contribution < -0.4 is 0 Å². The molecule has 2 aliphatic rings. The highest BCUT2D eigenvalue weighted by molar-refractivity contribution is 6.16. The van der Waals surface area contributed by atoms with E-state index in [0.717, 1.165) is 54.8 Å². The summed E-state index contributed by atoms with van der Waals surface area (Å²) in [5.74, 6) is 1.05. The first-order valence-electron chi connectivity index (χ1n) is 7.93. The van der Waals surface area contributed by atoms with Crippen LogP contribution in [0.5, 0.6) is 0 Å². The zero-order valence-electron chi connectivity index (χ0n) is 13.0. The van der Waals surface area contributed by atoms with Crippen molar-refractivity contribution in [2.75, 3.05) is 13.7 Å². The minimum Gasteiger partial charge on any atom is -0.468 e. The second-order valence-corrected chi connectivity index (χ2v) is 6.60. The van der Waals surface area contributed by atoms with Crippen LogP contribution in [0.25, 0.3) is 11.0 Å². The minimum atomic E-state index is -0.466. The van der Waals surface area contributed by atoms with Crippen molar-refractivity contribution in [3.8, 4) is 0 Å². The molecule has 0 spiro atoms. The highest BCUT2D eigenvalue weighted by atomic mass is 35.5. The Morgan fingerprint density at radius 3 is 2.87 bits per heavy atom. The van der Waals surface area contributed by atoms with Gasteiger partial charge in [0.15, 0.2) is 0 Å². The van der Waals surface area contributed by atoms with Crippen LogP contribution >= 0.6 is 11.6 Å². The van der Waals surface area contributed by atoms with E-state index in [2.05, 4.69) is 15.6 Å². The Labute approximate surface area is 139 Å². The van der Waals surface area contributed by atoms with Crippen molar-refractivity contribution in [3.05, 3.63) is 29.6 Å². The van der Waals surface area contributed by atoms with E-state index in [1.54, 1.807) is 0 Å². The summed E-state index contributed by atoms with van der Waals surface area (Å²) < 4.78 is 12.7. The zero-order valence-corrected chi connectivity index (χ0v) is 13.8. The van der Waals surface area contributed by atoms with E-state index in [1.165, 1.54) is 7.11 Å². The highest BCUT2D eigenvalue weighted by Crippen LogP contribution is 2.49. The molecule has 1 aromatic heterocycles. The largest absolute Gasteiger partial charge is 0.468 e. The lowest BCUT2D eigenvalue weighted by Gasteiger charge is -2.27. The van der Waals surface area contributed by atoms with Crippen molar-refractivity contribution in [2.24, 2.45) is 0 Å². The average molecular weight is 335 g/mol. The van der Waals surface area contributed by atoms with Gasteiger partial charge in [0.05, 0.1) is 42.1 Å². The molecule has 5 nitrogen and oxygen atoms in total. The number of carbonyl (C=O) groups is 1. The standard InChI is InChI=1S/C17H19ClN2O3/c1-22-16(21)17(5-6-17)11-2-3-13-14(8-11)20(15(9-18)19-13)10-12-4-7-23-12/h2-3,8,12H,4-7,9-10H2,1H3/t12-/m0/s1. The predicted octanol–water partition coefficient (Wildman–Crippen LogP) is 2.77. The van der Waals surface area contributed by atoms with E-state index in [0.29, 0.717) is 5.88 Å². The van der Waals surface area contributed by atoms with Crippen LogP contribution in [0, 0.1) is 0 Å². The SMILES string of the molecule is COC(=O)C1(c2ccc3nc(CCl)n(C[C@@H]4CCO4)c3c2)CC1. The van der Waals surface area contributed by atoms with Gasteiger partial charge in [-0.1, -0.05) is 6.07 Å². The quantitative estimate of drug-likeness (QED) is 0.623. The first-order chi connectivity index (χ1) is 11.2. The molecule has 0 unspecified atom stereocenters. The van der Waals surface area contributed by atoms with Crippen LogP contribution in [0.1, 0.15) is 30.7 Å². The van der Waals surface area contributed by atoms with E-state index in [1.807, 2.05) is 12.1 Å². The van der Waals surface area contributed by atoms with Crippen molar-refractivity contribution < 1.29 is 14.3 Å². The third-order valence-corrected chi connectivity index (χ3v) is 5.24. The number of ether oxygens (including phenoxy) is 2. The van der Waals surface area contributed by atoms with Gasteiger partial charge in [0.2, 0.25) is 0 Å². The molecule has 2 heterocycles. The molecule has 2 aromatic rings. The van der Waals surface area contributed by atoms with Crippen LogP contribution in [0.3, 0.4) is 0 Å². The monoisotopic (exact) mass is 334 g/mol. The maximum Gasteiger partial charge on any atom is 0.316 e. The molecule has 0 bridgehead atoms. The van der Waals surface area contributed by atoms with Gasteiger partial charge in [-0.2, -0.15) is 0 Å². The Bertz CT molecular complexity index is 763. The molecule has 23 heavy (non-hydrogen) atoms. The van der Waals surface area contributed by atoms with Gasteiger partial charge in [0.25, 0.3) is 0 Å². The molecule has 1 aliphatic heterocycles. The lowest BCUT2D eigenvalue weighted by molar-refractivity contribution is -0.143.